The summed E-state index contributed by atoms with van der Waals surface area (Å²) >= 11 is 1.59. The molecule has 28 heavy (non-hydrogen) atoms. The zero-order chi connectivity index (χ0) is 20.9. The SMILES string of the molecule is CCCC[C@@H](C)C[C@H](O)/C=C/[C@H]1[C@H](O)CC(=O)[C@@H]1SCCCCCC(=O)OC. The molecule has 2 N–H and O–H groups in total. The lowest BCUT2D eigenvalue weighted by molar-refractivity contribution is -0.140. The molecule has 1 aliphatic carbocycles. The monoisotopic (exact) mass is 414 g/mol. The Morgan fingerprint density at radius 1 is 1.32 bits per heavy atom. The largest absolute Gasteiger partial charge is 0.469 e. The minimum Gasteiger partial charge on any atom is -0.469 e. The van der Waals surface area contributed by atoms with Crippen LogP contribution in [0, 0.1) is 11.8 Å². The number of methoxy groups -OCH3 is 1. The van der Waals surface area contributed by atoms with E-state index in [0.29, 0.717) is 18.8 Å². The van der Waals surface area contributed by atoms with E-state index in [1.807, 2.05) is 6.08 Å². The number of aliphatic hydroxyl groups is 2. The molecule has 0 amide bonds. The second-order valence-electron chi connectivity index (χ2n) is 7.93. The van der Waals surface area contributed by atoms with Gasteiger partial charge in [0.1, 0.15) is 5.78 Å². The Morgan fingerprint density at radius 2 is 2.07 bits per heavy atom. The molecule has 0 unspecified atom stereocenters. The molecule has 1 fully saturated rings. The van der Waals surface area contributed by atoms with Crippen LogP contribution in [0.25, 0.3) is 0 Å². The number of aliphatic hydroxyl groups excluding tert-OH is 2. The normalized spacial score (nSPS) is 24.6. The van der Waals surface area contributed by atoms with E-state index in [2.05, 4.69) is 18.6 Å². The molecule has 0 radical (unpaired) electrons. The number of Topliss-reactive ketones (excluding diaryl/α,β-unsaturated/α-hetero) is 1. The van der Waals surface area contributed by atoms with Gasteiger partial charge in [0.2, 0.25) is 0 Å². The number of carbonyl (C=O) groups is 2. The van der Waals surface area contributed by atoms with Gasteiger partial charge in [0, 0.05) is 18.8 Å². The molecule has 1 aliphatic rings. The minimum atomic E-state index is -0.662. The van der Waals surface area contributed by atoms with Crippen LogP contribution in [0.15, 0.2) is 12.2 Å². The first-order valence-electron chi connectivity index (χ1n) is 10.6. The van der Waals surface area contributed by atoms with Crippen LogP contribution in [-0.4, -0.2) is 52.3 Å². The van der Waals surface area contributed by atoms with E-state index in [9.17, 15) is 19.8 Å². The molecule has 1 saturated carbocycles. The van der Waals surface area contributed by atoms with Gasteiger partial charge in [-0.2, -0.15) is 0 Å². The number of ether oxygens (including phenoxy) is 1. The maximum absolute atomic E-state index is 12.2. The smallest absolute Gasteiger partial charge is 0.305 e. The summed E-state index contributed by atoms with van der Waals surface area (Å²) in [7, 11) is 1.39. The Kier molecular flexibility index (Phi) is 12.8. The van der Waals surface area contributed by atoms with Crippen LogP contribution < -0.4 is 0 Å². The predicted octanol–water partition coefficient (Wildman–Crippen LogP) is 3.91. The quantitative estimate of drug-likeness (QED) is 0.255. The van der Waals surface area contributed by atoms with Crippen molar-refractivity contribution in [3.63, 3.8) is 0 Å². The van der Waals surface area contributed by atoms with Crippen molar-refractivity contribution in [1.82, 2.24) is 0 Å². The number of ketones is 1. The van der Waals surface area contributed by atoms with E-state index in [0.717, 1.165) is 37.9 Å². The van der Waals surface area contributed by atoms with Crippen molar-refractivity contribution in [2.24, 2.45) is 11.8 Å². The summed E-state index contributed by atoms with van der Waals surface area (Å²) in [5.41, 5.74) is 0. The molecule has 6 heteroatoms. The van der Waals surface area contributed by atoms with E-state index < -0.39 is 12.2 Å². The Balaban J connectivity index is 2.41. The number of rotatable bonds is 14. The van der Waals surface area contributed by atoms with E-state index in [1.165, 1.54) is 13.5 Å². The second kappa shape index (κ2) is 14.2. The third-order valence-electron chi connectivity index (χ3n) is 5.32. The molecule has 5 nitrogen and oxygen atoms in total. The van der Waals surface area contributed by atoms with Gasteiger partial charge in [0.05, 0.1) is 24.6 Å². The summed E-state index contributed by atoms with van der Waals surface area (Å²) in [6, 6.07) is 0. The van der Waals surface area contributed by atoms with E-state index in [1.54, 1.807) is 17.8 Å². The van der Waals surface area contributed by atoms with Crippen molar-refractivity contribution in [2.75, 3.05) is 12.9 Å². The van der Waals surface area contributed by atoms with Gasteiger partial charge in [-0.1, -0.05) is 51.7 Å². The van der Waals surface area contributed by atoms with Crippen molar-refractivity contribution in [3.05, 3.63) is 12.2 Å². The lowest BCUT2D eigenvalue weighted by Crippen LogP contribution is -2.22. The van der Waals surface area contributed by atoms with Gasteiger partial charge < -0.3 is 14.9 Å². The number of thioether (sulfide) groups is 1. The van der Waals surface area contributed by atoms with Crippen LogP contribution in [0.5, 0.6) is 0 Å². The number of hydrogen-bond donors (Lipinski definition) is 2. The van der Waals surface area contributed by atoms with Gasteiger partial charge in [-0.25, -0.2) is 0 Å². The Hall–Kier alpha value is -0.850. The highest BCUT2D eigenvalue weighted by Crippen LogP contribution is 2.34. The summed E-state index contributed by atoms with van der Waals surface area (Å²) in [5.74, 6) is 0.964. The van der Waals surface area contributed by atoms with Crippen LogP contribution in [0.2, 0.25) is 0 Å². The fourth-order valence-corrected chi connectivity index (χ4v) is 4.99. The Morgan fingerprint density at radius 3 is 2.75 bits per heavy atom. The predicted molar refractivity (Wildman–Crippen MR) is 114 cm³/mol. The molecular formula is C22H38O5S. The lowest BCUT2D eigenvalue weighted by Gasteiger charge is -2.18. The Labute approximate surface area is 174 Å². The molecule has 1 rings (SSSR count). The number of hydrogen-bond acceptors (Lipinski definition) is 6. The molecule has 0 aromatic rings. The topological polar surface area (TPSA) is 83.8 Å². The molecular weight excluding hydrogens is 376 g/mol. The van der Waals surface area contributed by atoms with Crippen LogP contribution in [-0.2, 0) is 14.3 Å². The zero-order valence-electron chi connectivity index (χ0n) is 17.6. The number of carbonyl (C=O) groups excluding carboxylic acids is 2. The first-order valence-corrected chi connectivity index (χ1v) is 11.7. The highest BCUT2D eigenvalue weighted by molar-refractivity contribution is 8.00. The molecule has 0 heterocycles. The van der Waals surface area contributed by atoms with Crippen molar-refractivity contribution in [3.8, 4) is 0 Å². The van der Waals surface area contributed by atoms with Crippen LogP contribution >= 0.6 is 11.8 Å². The maximum atomic E-state index is 12.2. The number of esters is 1. The standard InChI is InChI=1S/C22H38O5S/c1-4-5-9-16(2)14-17(23)11-12-18-19(24)15-20(25)22(18)28-13-8-6-7-10-21(26)27-3/h11-12,16-19,22-24H,4-10,13-15H2,1-3H3/b12-11+/t16-,17-,18+,19-,22-/m1/s1. The summed E-state index contributed by atoms with van der Waals surface area (Å²) < 4.78 is 4.62. The van der Waals surface area contributed by atoms with Crippen LogP contribution in [0.4, 0.5) is 0 Å². The van der Waals surface area contributed by atoms with Crippen LogP contribution in [0.3, 0.4) is 0 Å². The first-order chi connectivity index (χ1) is 13.4. The second-order valence-corrected chi connectivity index (χ2v) is 9.18. The molecule has 162 valence electrons. The van der Waals surface area contributed by atoms with Gasteiger partial charge in [-0.3, -0.25) is 9.59 Å². The summed E-state index contributed by atoms with van der Waals surface area (Å²) in [6.07, 6.45) is 9.84. The molecule has 0 saturated heterocycles. The molecule has 0 aliphatic heterocycles. The summed E-state index contributed by atoms with van der Waals surface area (Å²) in [6.45, 7) is 4.32. The lowest BCUT2D eigenvalue weighted by atomic mass is 9.96. The van der Waals surface area contributed by atoms with E-state index in [4.69, 9.17) is 0 Å². The van der Waals surface area contributed by atoms with Gasteiger partial charge in [-0.15, -0.1) is 11.8 Å². The molecule has 5 atom stereocenters. The zero-order valence-corrected chi connectivity index (χ0v) is 18.5. The van der Waals surface area contributed by atoms with Crippen molar-refractivity contribution < 1.29 is 24.5 Å². The molecule has 0 aromatic carbocycles. The molecule has 0 bridgehead atoms. The van der Waals surface area contributed by atoms with Crippen molar-refractivity contribution in [1.29, 1.82) is 0 Å². The third kappa shape index (κ3) is 9.57. The van der Waals surface area contributed by atoms with Gasteiger partial charge in [-0.05, 0) is 30.9 Å². The number of unbranched alkanes of at least 4 members (excludes halogenated alkanes) is 3. The minimum absolute atomic E-state index is 0.0903. The van der Waals surface area contributed by atoms with E-state index >= 15 is 0 Å². The summed E-state index contributed by atoms with van der Waals surface area (Å²) in [5, 5.41) is 20.3. The van der Waals surface area contributed by atoms with Crippen molar-refractivity contribution in [2.45, 2.75) is 89.1 Å². The highest BCUT2D eigenvalue weighted by Gasteiger charge is 2.40. The van der Waals surface area contributed by atoms with E-state index in [-0.39, 0.29) is 29.3 Å². The maximum Gasteiger partial charge on any atom is 0.305 e. The van der Waals surface area contributed by atoms with Gasteiger partial charge >= 0.3 is 5.97 Å². The first kappa shape index (κ1) is 25.2. The molecule has 0 aromatic heterocycles. The average Bonchev–Trinajstić information content (AvgIpc) is 2.93. The van der Waals surface area contributed by atoms with Crippen molar-refractivity contribution >= 4 is 23.5 Å². The fourth-order valence-electron chi connectivity index (χ4n) is 3.59. The Bertz CT molecular complexity index is 493. The molecule has 0 spiro atoms. The van der Waals surface area contributed by atoms with Gasteiger partial charge in [0.15, 0.2) is 0 Å². The van der Waals surface area contributed by atoms with Crippen LogP contribution in [0.1, 0.15) is 71.6 Å². The highest BCUT2D eigenvalue weighted by atomic mass is 32.2. The van der Waals surface area contributed by atoms with Gasteiger partial charge in [0.25, 0.3) is 0 Å². The average molecular weight is 415 g/mol. The third-order valence-corrected chi connectivity index (χ3v) is 6.78. The summed E-state index contributed by atoms with van der Waals surface area (Å²) in [4.78, 5) is 23.3. The fraction of sp³-hybridized carbons (Fsp3) is 0.818.